The van der Waals surface area contributed by atoms with Gasteiger partial charge in [-0.05, 0) is 29.8 Å². The van der Waals surface area contributed by atoms with Crippen molar-refractivity contribution in [3.8, 4) is 11.3 Å². The molecule has 4 aromatic rings. The van der Waals surface area contributed by atoms with Gasteiger partial charge in [-0.2, -0.15) is 5.10 Å². The molecule has 1 amide bonds. The van der Waals surface area contributed by atoms with Gasteiger partial charge in [0.05, 0.1) is 6.04 Å². The predicted molar refractivity (Wildman–Crippen MR) is 119 cm³/mol. The molecule has 1 unspecified atom stereocenters. The molecule has 2 aromatic heterocycles. The highest BCUT2D eigenvalue weighted by atomic mass is 35.5. The average molecular weight is 433 g/mol. The van der Waals surface area contributed by atoms with Gasteiger partial charge in [0, 0.05) is 39.0 Å². The molecule has 0 spiro atoms. The fourth-order valence-electron chi connectivity index (χ4n) is 4.13. The van der Waals surface area contributed by atoms with Crippen LogP contribution in [0.5, 0.6) is 0 Å². The van der Waals surface area contributed by atoms with E-state index in [0.29, 0.717) is 10.7 Å². The van der Waals surface area contributed by atoms with Gasteiger partial charge in [0.15, 0.2) is 5.69 Å². The number of H-pyrrole nitrogens is 1. The molecular formula is C24H21ClN4O2. The van der Waals surface area contributed by atoms with E-state index >= 15 is 0 Å². The second-order valence-electron chi connectivity index (χ2n) is 8.68. The van der Waals surface area contributed by atoms with Crippen LogP contribution in [-0.4, -0.2) is 21.3 Å². The molecule has 0 aliphatic carbocycles. The number of hydrogen-bond acceptors (Lipinski definition) is 4. The van der Waals surface area contributed by atoms with Crippen molar-refractivity contribution in [2.45, 2.75) is 32.2 Å². The van der Waals surface area contributed by atoms with Gasteiger partial charge in [0.1, 0.15) is 12.0 Å². The molecule has 0 radical (unpaired) electrons. The highest BCUT2D eigenvalue weighted by Gasteiger charge is 2.44. The van der Waals surface area contributed by atoms with Crippen molar-refractivity contribution in [2.75, 3.05) is 4.90 Å². The van der Waals surface area contributed by atoms with Crippen LogP contribution in [0.2, 0.25) is 5.02 Å². The van der Waals surface area contributed by atoms with E-state index in [-0.39, 0.29) is 17.4 Å². The number of hydrogen-bond donors (Lipinski definition) is 1. The molecule has 6 nitrogen and oxygen atoms in total. The summed E-state index contributed by atoms with van der Waals surface area (Å²) in [5.41, 5.74) is 5.47. The first-order chi connectivity index (χ1) is 14.8. The number of benzene rings is 2. The molecule has 0 saturated heterocycles. The molecule has 156 valence electrons. The number of carbonyl (C=O) groups is 1. The maximum absolute atomic E-state index is 13.5. The van der Waals surface area contributed by atoms with Gasteiger partial charge in [-0.1, -0.05) is 61.8 Å². The zero-order chi connectivity index (χ0) is 21.8. The summed E-state index contributed by atoms with van der Waals surface area (Å²) in [5, 5.41) is 12.1. The van der Waals surface area contributed by atoms with Crippen LogP contribution >= 0.6 is 11.6 Å². The van der Waals surface area contributed by atoms with Crippen molar-refractivity contribution in [3.05, 3.63) is 88.4 Å². The van der Waals surface area contributed by atoms with Crippen molar-refractivity contribution in [1.29, 1.82) is 0 Å². The van der Waals surface area contributed by atoms with Crippen LogP contribution in [0.4, 0.5) is 5.69 Å². The van der Waals surface area contributed by atoms with Crippen molar-refractivity contribution < 1.29 is 9.32 Å². The summed E-state index contributed by atoms with van der Waals surface area (Å²) in [5.74, 6) is -0.138. The molecular weight excluding hydrogens is 412 g/mol. The Morgan fingerprint density at radius 1 is 1.10 bits per heavy atom. The van der Waals surface area contributed by atoms with Crippen LogP contribution in [-0.2, 0) is 5.41 Å². The van der Waals surface area contributed by atoms with E-state index < -0.39 is 0 Å². The van der Waals surface area contributed by atoms with Gasteiger partial charge < -0.3 is 4.52 Å². The number of fused-ring (bicyclic) bond motifs is 1. The molecule has 7 heteroatoms. The number of anilines is 1. The second kappa shape index (κ2) is 7.10. The Morgan fingerprint density at radius 2 is 1.87 bits per heavy atom. The lowest BCUT2D eigenvalue weighted by Crippen LogP contribution is -2.30. The fraction of sp³-hybridized carbons (Fsp3) is 0.208. The normalized spacial score (nSPS) is 16.1. The minimum Gasteiger partial charge on any atom is -0.364 e. The third-order valence-corrected chi connectivity index (χ3v) is 5.79. The predicted octanol–water partition coefficient (Wildman–Crippen LogP) is 5.77. The number of nitrogens with one attached hydrogen (secondary N) is 1. The summed E-state index contributed by atoms with van der Waals surface area (Å²) < 4.78 is 4.94. The summed E-state index contributed by atoms with van der Waals surface area (Å²) in [4.78, 5) is 15.3. The van der Waals surface area contributed by atoms with Crippen LogP contribution in [0.3, 0.4) is 0 Å². The smallest absolute Gasteiger partial charge is 0.280 e. The Bertz CT molecular complexity index is 1250. The van der Waals surface area contributed by atoms with E-state index in [9.17, 15) is 4.79 Å². The Balaban J connectivity index is 1.65. The molecule has 1 aliphatic heterocycles. The topological polar surface area (TPSA) is 75.0 Å². The minimum absolute atomic E-state index is 0.138. The maximum Gasteiger partial charge on any atom is 0.280 e. The highest BCUT2D eigenvalue weighted by molar-refractivity contribution is 6.30. The maximum atomic E-state index is 13.5. The van der Waals surface area contributed by atoms with Crippen LogP contribution in [0.25, 0.3) is 11.3 Å². The Labute approximate surface area is 184 Å². The van der Waals surface area contributed by atoms with E-state index in [2.05, 4.69) is 36.1 Å². The van der Waals surface area contributed by atoms with Crippen LogP contribution in [0.1, 0.15) is 54.1 Å². The first-order valence-corrected chi connectivity index (χ1v) is 10.4. The molecule has 31 heavy (non-hydrogen) atoms. The molecule has 0 bridgehead atoms. The van der Waals surface area contributed by atoms with Gasteiger partial charge in [0.25, 0.3) is 5.91 Å². The lowest BCUT2D eigenvalue weighted by Gasteiger charge is -2.28. The van der Waals surface area contributed by atoms with E-state index in [1.165, 1.54) is 6.26 Å². The van der Waals surface area contributed by atoms with Crippen LogP contribution in [0.15, 0.2) is 65.4 Å². The molecule has 1 aliphatic rings. The number of nitrogens with zero attached hydrogens (tertiary/aromatic N) is 3. The van der Waals surface area contributed by atoms with Gasteiger partial charge in [-0.15, -0.1) is 0 Å². The fourth-order valence-corrected chi connectivity index (χ4v) is 4.32. The quantitative estimate of drug-likeness (QED) is 0.446. The third kappa shape index (κ3) is 3.24. The zero-order valence-corrected chi connectivity index (χ0v) is 18.1. The molecule has 3 heterocycles. The van der Waals surface area contributed by atoms with Crippen molar-refractivity contribution in [2.24, 2.45) is 0 Å². The van der Waals surface area contributed by atoms with Gasteiger partial charge in [-0.3, -0.25) is 14.8 Å². The Kier molecular flexibility index (Phi) is 4.48. The second-order valence-corrected chi connectivity index (χ2v) is 9.11. The molecule has 1 N–H and O–H groups in total. The van der Waals surface area contributed by atoms with Crippen LogP contribution < -0.4 is 4.90 Å². The lowest BCUT2D eigenvalue weighted by molar-refractivity contribution is 0.0988. The first kappa shape index (κ1) is 19.6. The standard InChI is InChI=1S/C24H21ClN4O2/c1-24(2,3)22-19-20(26-27-22)23(30)29(21(19)15-5-4-6-16(25)13-15)17-9-7-14(8-10-17)18-11-12-31-28-18/h4-13,21H,1-3H3,(H,26,27). The number of carbonyl (C=O) groups excluding carboxylic acids is 1. The summed E-state index contributed by atoms with van der Waals surface area (Å²) >= 11 is 6.32. The van der Waals surface area contributed by atoms with Crippen molar-refractivity contribution in [1.82, 2.24) is 15.4 Å². The first-order valence-electron chi connectivity index (χ1n) is 10.0. The van der Waals surface area contributed by atoms with Crippen LogP contribution in [0, 0.1) is 0 Å². The lowest BCUT2D eigenvalue weighted by atomic mass is 9.85. The Morgan fingerprint density at radius 3 is 2.52 bits per heavy atom. The summed E-state index contributed by atoms with van der Waals surface area (Å²) in [6.45, 7) is 6.32. The third-order valence-electron chi connectivity index (χ3n) is 5.55. The summed E-state index contributed by atoms with van der Waals surface area (Å²) in [6.07, 6.45) is 1.54. The SMILES string of the molecule is CC(C)(C)c1[nH]nc2c1C(c1cccc(Cl)c1)N(c1ccc(-c3ccon3)cc1)C2=O. The number of aromatic amines is 1. The van der Waals surface area contributed by atoms with E-state index in [4.69, 9.17) is 16.1 Å². The number of halogens is 1. The van der Waals surface area contributed by atoms with E-state index in [1.807, 2.05) is 48.5 Å². The number of aromatic nitrogens is 3. The van der Waals surface area contributed by atoms with E-state index in [0.717, 1.165) is 33.8 Å². The highest BCUT2D eigenvalue weighted by Crippen LogP contribution is 2.45. The molecule has 5 rings (SSSR count). The summed E-state index contributed by atoms with van der Waals surface area (Å²) in [7, 11) is 0. The van der Waals surface area contributed by atoms with E-state index in [1.54, 1.807) is 11.0 Å². The number of amides is 1. The summed E-state index contributed by atoms with van der Waals surface area (Å²) in [6, 6.07) is 16.8. The Hall–Kier alpha value is -3.38. The average Bonchev–Trinajstić information content (AvgIpc) is 3.45. The van der Waals surface area contributed by atoms with Gasteiger partial charge >= 0.3 is 0 Å². The molecule has 0 fully saturated rings. The monoisotopic (exact) mass is 432 g/mol. The van der Waals surface area contributed by atoms with Gasteiger partial charge in [-0.25, -0.2) is 0 Å². The minimum atomic E-state index is -0.327. The largest absolute Gasteiger partial charge is 0.364 e. The van der Waals surface area contributed by atoms with Crippen molar-refractivity contribution in [3.63, 3.8) is 0 Å². The molecule has 0 saturated carbocycles. The van der Waals surface area contributed by atoms with Gasteiger partial charge in [0.2, 0.25) is 0 Å². The molecule has 1 atom stereocenters. The van der Waals surface area contributed by atoms with Crippen molar-refractivity contribution >= 4 is 23.2 Å². The molecule has 2 aromatic carbocycles. The zero-order valence-electron chi connectivity index (χ0n) is 17.4. The number of rotatable bonds is 3.